The molecule has 5 heteroatoms. The van der Waals surface area contributed by atoms with Crippen LogP contribution in [0.25, 0.3) is 0 Å². The van der Waals surface area contributed by atoms with Gasteiger partial charge in [-0.25, -0.2) is 0 Å². The second kappa shape index (κ2) is 5.01. The van der Waals surface area contributed by atoms with Gasteiger partial charge in [0.15, 0.2) is 5.82 Å². The van der Waals surface area contributed by atoms with Crippen molar-refractivity contribution in [2.45, 2.75) is 32.5 Å². The first-order valence-electron chi connectivity index (χ1n) is 6.68. The SMILES string of the molecule is CC[C@H](O)c1ccccc1N1CCn2cnnc2C1. The topological polar surface area (TPSA) is 54.2 Å². The normalized spacial score (nSPS) is 16.2. The fraction of sp³-hybridized carbons (Fsp3) is 0.429. The second-order valence-corrected chi connectivity index (χ2v) is 4.84. The summed E-state index contributed by atoms with van der Waals surface area (Å²) in [5, 5.41) is 18.2. The molecule has 0 unspecified atom stereocenters. The van der Waals surface area contributed by atoms with E-state index in [-0.39, 0.29) is 0 Å². The van der Waals surface area contributed by atoms with Gasteiger partial charge in [0, 0.05) is 24.3 Å². The van der Waals surface area contributed by atoms with Gasteiger partial charge in [0.25, 0.3) is 0 Å². The Morgan fingerprint density at radius 1 is 1.32 bits per heavy atom. The Balaban J connectivity index is 1.91. The molecule has 2 heterocycles. The van der Waals surface area contributed by atoms with E-state index in [0.29, 0.717) is 0 Å². The van der Waals surface area contributed by atoms with Gasteiger partial charge in [-0.2, -0.15) is 0 Å². The van der Waals surface area contributed by atoms with E-state index in [1.54, 1.807) is 6.33 Å². The summed E-state index contributed by atoms with van der Waals surface area (Å²) in [6, 6.07) is 8.06. The zero-order valence-corrected chi connectivity index (χ0v) is 11.0. The highest BCUT2D eigenvalue weighted by atomic mass is 16.3. The molecule has 2 aromatic rings. The van der Waals surface area contributed by atoms with E-state index in [0.717, 1.165) is 43.1 Å². The Morgan fingerprint density at radius 3 is 3.00 bits per heavy atom. The molecule has 0 amide bonds. The molecular weight excluding hydrogens is 240 g/mol. The molecule has 0 aliphatic carbocycles. The third-order valence-corrected chi connectivity index (χ3v) is 3.66. The third-order valence-electron chi connectivity index (χ3n) is 3.66. The van der Waals surface area contributed by atoms with Crippen LogP contribution in [-0.4, -0.2) is 26.4 Å². The van der Waals surface area contributed by atoms with Crippen molar-refractivity contribution in [2.75, 3.05) is 11.4 Å². The van der Waals surface area contributed by atoms with E-state index in [9.17, 15) is 5.11 Å². The Hall–Kier alpha value is -1.88. The predicted molar refractivity (Wildman–Crippen MR) is 72.8 cm³/mol. The van der Waals surface area contributed by atoms with Gasteiger partial charge in [-0.05, 0) is 12.5 Å². The Bertz CT molecular complexity index is 566. The largest absolute Gasteiger partial charge is 0.388 e. The lowest BCUT2D eigenvalue weighted by molar-refractivity contribution is 0.174. The van der Waals surface area contributed by atoms with Crippen LogP contribution in [0.1, 0.15) is 30.8 Å². The van der Waals surface area contributed by atoms with Gasteiger partial charge in [-0.15, -0.1) is 10.2 Å². The molecular formula is C14H18N4O. The molecule has 1 N–H and O–H groups in total. The molecule has 0 saturated carbocycles. The highest BCUT2D eigenvalue weighted by molar-refractivity contribution is 5.55. The van der Waals surface area contributed by atoms with Crippen molar-refractivity contribution in [3.05, 3.63) is 42.0 Å². The number of anilines is 1. The Labute approximate surface area is 112 Å². The summed E-state index contributed by atoms with van der Waals surface area (Å²) in [5.74, 6) is 0.979. The van der Waals surface area contributed by atoms with Crippen molar-refractivity contribution >= 4 is 5.69 Å². The molecule has 3 rings (SSSR count). The number of fused-ring (bicyclic) bond motifs is 1. The number of para-hydroxylation sites is 1. The van der Waals surface area contributed by atoms with Gasteiger partial charge in [0.05, 0.1) is 12.6 Å². The van der Waals surface area contributed by atoms with Crippen LogP contribution in [0.3, 0.4) is 0 Å². The summed E-state index contributed by atoms with van der Waals surface area (Å²) in [6.07, 6.45) is 2.09. The van der Waals surface area contributed by atoms with E-state index >= 15 is 0 Å². The molecule has 1 aliphatic heterocycles. The maximum absolute atomic E-state index is 10.1. The van der Waals surface area contributed by atoms with E-state index in [2.05, 4.69) is 25.7 Å². The van der Waals surface area contributed by atoms with Crippen LogP contribution in [0.2, 0.25) is 0 Å². The van der Waals surface area contributed by atoms with Crippen molar-refractivity contribution in [1.82, 2.24) is 14.8 Å². The Morgan fingerprint density at radius 2 is 2.16 bits per heavy atom. The minimum absolute atomic E-state index is 0.406. The summed E-state index contributed by atoms with van der Waals surface area (Å²) < 4.78 is 2.08. The summed E-state index contributed by atoms with van der Waals surface area (Å²) in [7, 11) is 0. The van der Waals surface area contributed by atoms with Crippen molar-refractivity contribution in [3.8, 4) is 0 Å². The summed E-state index contributed by atoms with van der Waals surface area (Å²) >= 11 is 0. The monoisotopic (exact) mass is 258 g/mol. The van der Waals surface area contributed by atoms with Crippen molar-refractivity contribution in [2.24, 2.45) is 0 Å². The molecule has 5 nitrogen and oxygen atoms in total. The molecule has 0 fully saturated rings. The summed E-state index contributed by atoms with van der Waals surface area (Å²) in [6.45, 7) is 4.54. The van der Waals surface area contributed by atoms with E-state index < -0.39 is 6.10 Å². The molecule has 1 aromatic carbocycles. The fourth-order valence-electron chi connectivity index (χ4n) is 2.55. The molecule has 0 spiro atoms. The molecule has 1 atom stereocenters. The summed E-state index contributed by atoms with van der Waals surface area (Å²) in [5.41, 5.74) is 2.10. The van der Waals surface area contributed by atoms with Crippen LogP contribution in [0.4, 0.5) is 5.69 Å². The highest BCUT2D eigenvalue weighted by Gasteiger charge is 2.21. The maximum Gasteiger partial charge on any atom is 0.152 e. The van der Waals surface area contributed by atoms with E-state index in [1.165, 1.54) is 0 Å². The third kappa shape index (κ3) is 2.21. The average molecular weight is 258 g/mol. The van der Waals surface area contributed by atoms with Crippen LogP contribution >= 0.6 is 0 Å². The number of nitrogens with zero attached hydrogens (tertiary/aromatic N) is 4. The molecule has 0 radical (unpaired) electrons. The van der Waals surface area contributed by atoms with Gasteiger partial charge in [0.2, 0.25) is 0 Å². The molecule has 0 saturated heterocycles. The van der Waals surface area contributed by atoms with Gasteiger partial charge in [-0.1, -0.05) is 25.1 Å². The minimum Gasteiger partial charge on any atom is -0.388 e. The second-order valence-electron chi connectivity index (χ2n) is 4.84. The fourth-order valence-corrected chi connectivity index (χ4v) is 2.55. The molecule has 1 aromatic heterocycles. The van der Waals surface area contributed by atoms with Crippen LogP contribution < -0.4 is 4.90 Å². The first-order valence-corrected chi connectivity index (χ1v) is 6.68. The molecule has 0 bridgehead atoms. The molecule has 19 heavy (non-hydrogen) atoms. The Kier molecular flexibility index (Phi) is 3.21. The van der Waals surface area contributed by atoms with Gasteiger partial charge in [-0.3, -0.25) is 0 Å². The molecule has 100 valence electrons. The van der Waals surface area contributed by atoms with Gasteiger partial charge < -0.3 is 14.6 Å². The maximum atomic E-state index is 10.1. The predicted octanol–water partition coefficient (Wildman–Crippen LogP) is 1.74. The van der Waals surface area contributed by atoms with Gasteiger partial charge in [0.1, 0.15) is 6.33 Å². The van der Waals surface area contributed by atoms with Crippen molar-refractivity contribution in [3.63, 3.8) is 0 Å². The molecule has 1 aliphatic rings. The number of hydrogen-bond donors (Lipinski definition) is 1. The summed E-state index contributed by atoms with van der Waals surface area (Å²) in [4.78, 5) is 2.26. The standard InChI is InChI=1S/C14H18N4O/c1-2-13(19)11-5-3-4-6-12(11)17-7-8-18-10-15-16-14(18)9-17/h3-6,10,13,19H,2,7-9H2,1H3/t13-/m0/s1. The lowest BCUT2D eigenvalue weighted by Gasteiger charge is -2.31. The zero-order chi connectivity index (χ0) is 13.2. The number of benzene rings is 1. The van der Waals surface area contributed by atoms with Crippen LogP contribution in [0, 0.1) is 0 Å². The van der Waals surface area contributed by atoms with Crippen LogP contribution in [0.15, 0.2) is 30.6 Å². The quantitative estimate of drug-likeness (QED) is 0.911. The van der Waals surface area contributed by atoms with Crippen LogP contribution in [0.5, 0.6) is 0 Å². The number of hydrogen-bond acceptors (Lipinski definition) is 4. The number of aromatic nitrogens is 3. The number of aliphatic hydroxyl groups is 1. The van der Waals surface area contributed by atoms with Crippen molar-refractivity contribution < 1.29 is 5.11 Å². The first-order chi connectivity index (χ1) is 9.29. The lowest BCUT2D eigenvalue weighted by atomic mass is 10.0. The highest BCUT2D eigenvalue weighted by Crippen LogP contribution is 2.30. The lowest BCUT2D eigenvalue weighted by Crippen LogP contribution is -2.34. The van der Waals surface area contributed by atoms with E-state index in [1.807, 2.05) is 25.1 Å². The number of aliphatic hydroxyl groups excluding tert-OH is 1. The zero-order valence-electron chi connectivity index (χ0n) is 11.0. The smallest absolute Gasteiger partial charge is 0.152 e. The number of rotatable bonds is 3. The average Bonchev–Trinajstić information content (AvgIpc) is 2.93. The van der Waals surface area contributed by atoms with Crippen molar-refractivity contribution in [1.29, 1.82) is 0 Å². The van der Waals surface area contributed by atoms with E-state index in [4.69, 9.17) is 0 Å². The minimum atomic E-state index is -0.406. The van der Waals surface area contributed by atoms with Crippen LogP contribution in [-0.2, 0) is 13.1 Å². The first kappa shape index (κ1) is 12.2. The van der Waals surface area contributed by atoms with Gasteiger partial charge >= 0.3 is 0 Å².